The maximum Gasteiger partial charge on any atom is 0.297 e. The molecule has 0 aliphatic carbocycles. The van der Waals surface area contributed by atoms with E-state index in [1.165, 1.54) is 6.07 Å². The molecule has 1 fully saturated rings. The van der Waals surface area contributed by atoms with Gasteiger partial charge in [-0.25, -0.2) is 4.39 Å². The molecule has 106 valence electrons. The monoisotopic (exact) mass is 288 g/mol. The van der Waals surface area contributed by atoms with Crippen molar-refractivity contribution in [2.75, 3.05) is 20.3 Å². The number of benzene rings is 1. The van der Waals surface area contributed by atoms with Gasteiger partial charge < -0.3 is 4.74 Å². The summed E-state index contributed by atoms with van der Waals surface area (Å²) in [6, 6.07) is 4.62. The molecule has 0 atom stereocenters. The highest BCUT2D eigenvalue weighted by Crippen LogP contribution is 2.40. The van der Waals surface area contributed by atoms with Crippen LogP contribution in [-0.4, -0.2) is 28.7 Å². The van der Waals surface area contributed by atoms with E-state index >= 15 is 4.39 Å². The number of halogens is 1. The Kier molecular flexibility index (Phi) is 3.94. The van der Waals surface area contributed by atoms with Gasteiger partial charge >= 0.3 is 0 Å². The summed E-state index contributed by atoms with van der Waals surface area (Å²) in [4.78, 5) is -0.0926. The molecule has 19 heavy (non-hydrogen) atoms. The molecule has 1 aromatic rings. The largest absolute Gasteiger partial charge is 0.381 e. The molecule has 6 heteroatoms. The number of rotatable bonds is 3. The van der Waals surface area contributed by atoms with E-state index in [1.807, 2.05) is 0 Å². The smallest absolute Gasteiger partial charge is 0.297 e. The molecule has 1 aromatic carbocycles. The van der Waals surface area contributed by atoms with Crippen molar-refractivity contribution in [2.24, 2.45) is 0 Å². The normalized spacial score (nSPS) is 19.3. The Morgan fingerprint density at radius 3 is 2.53 bits per heavy atom. The Bertz CT molecular complexity index is 562. The molecule has 0 unspecified atom stereocenters. The number of hydrogen-bond donors (Lipinski definition) is 0. The first kappa shape index (κ1) is 14.4. The minimum absolute atomic E-state index is 0.0926. The lowest BCUT2D eigenvalue weighted by molar-refractivity contribution is -0.0131. The Labute approximate surface area is 112 Å². The molecule has 0 aromatic heterocycles. The van der Waals surface area contributed by atoms with Crippen LogP contribution in [0, 0.1) is 6.92 Å². The zero-order valence-corrected chi connectivity index (χ0v) is 11.8. The number of ether oxygens (including phenoxy) is 1. The Morgan fingerprint density at radius 2 is 1.95 bits per heavy atom. The van der Waals surface area contributed by atoms with E-state index in [1.54, 1.807) is 19.1 Å². The molecule has 0 amide bonds. The molecular formula is C13H17FO4S. The maximum atomic E-state index is 15.0. The Balaban J connectivity index is 2.58. The van der Waals surface area contributed by atoms with E-state index in [0.717, 1.165) is 12.7 Å². The Hall–Kier alpha value is -0.980. The highest BCUT2D eigenvalue weighted by atomic mass is 32.2. The van der Waals surface area contributed by atoms with E-state index in [-0.39, 0.29) is 36.5 Å². The van der Waals surface area contributed by atoms with Crippen molar-refractivity contribution in [3.05, 3.63) is 29.3 Å². The summed E-state index contributed by atoms with van der Waals surface area (Å²) < 4.78 is 48.5. The van der Waals surface area contributed by atoms with Gasteiger partial charge in [-0.3, -0.25) is 4.18 Å². The second-order valence-electron chi connectivity index (χ2n) is 4.70. The summed E-state index contributed by atoms with van der Waals surface area (Å²) in [5.74, 6) is 0. The SMILES string of the molecule is COS(=O)(=O)c1ccc(C)cc1C1(F)CCOCC1. The molecule has 1 saturated heterocycles. The topological polar surface area (TPSA) is 52.6 Å². The third kappa shape index (κ3) is 2.80. The minimum Gasteiger partial charge on any atom is -0.381 e. The van der Waals surface area contributed by atoms with Gasteiger partial charge in [-0.15, -0.1) is 0 Å². The maximum absolute atomic E-state index is 15.0. The van der Waals surface area contributed by atoms with Gasteiger partial charge in [0.05, 0.1) is 7.11 Å². The van der Waals surface area contributed by atoms with Crippen LogP contribution in [0.1, 0.15) is 24.0 Å². The predicted molar refractivity (Wildman–Crippen MR) is 68.2 cm³/mol. The molecule has 2 rings (SSSR count). The number of hydrogen-bond acceptors (Lipinski definition) is 4. The fraction of sp³-hybridized carbons (Fsp3) is 0.538. The van der Waals surface area contributed by atoms with Gasteiger partial charge in [-0.05, 0) is 13.0 Å². The number of alkyl halides is 1. The third-order valence-corrected chi connectivity index (χ3v) is 4.73. The Morgan fingerprint density at radius 1 is 1.32 bits per heavy atom. The summed E-state index contributed by atoms with van der Waals surface area (Å²) in [6.07, 6.45) is 0.311. The molecule has 0 N–H and O–H groups in total. The molecule has 0 saturated carbocycles. The van der Waals surface area contributed by atoms with Crippen LogP contribution < -0.4 is 0 Å². The highest BCUT2D eigenvalue weighted by molar-refractivity contribution is 7.86. The second-order valence-corrected chi connectivity index (χ2v) is 6.38. The van der Waals surface area contributed by atoms with Crippen molar-refractivity contribution in [3.8, 4) is 0 Å². The molecule has 4 nitrogen and oxygen atoms in total. The fourth-order valence-corrected chi connectivity index (χ4v) is 3.19. The first-order valence-corrected chi connectivity index (χ1v) is 7.48. The van der Waals surface area contributed by atoms with E-state index in [4.69, 9.17) is 4.74 Å². The summed E-state index contributed by atoms with van der Waals surface area (Å²) in [5, 5.41) is 0. The van der Waals surface area contributed by atoms with Crippen molar-refractivity contribution >= 4 is 10.1 Å². The first-order valence-electron chi connectivity index (χ1n) is 6.07. The van der Waals surface area contributed by atoms with Crippen LogP contribution in [0.3, 0.4) is 0 Å². The van der Waals surface area contributed by atoms with Crippen LogP contribution in [0.2, 0.25) is 0 Å². The lowest BCUT2D eigenvalue weighted by atomic mass is 9.87. The second kappa shape index (κ2) is 5.19. The van der Waals surface area contributed by atoms with Crippen molar-refractivity contribution in [2.45, 2.75) is 30.3 Å². The van der Waals surface area contributed by atoms with Gasteiger partial charge in [0.1, 0.15) is 10.6 Å². The molecule has 1 aliphatic rings. The van der Waals surface area contributed by atoms with E-state index in [0.29, 0.717) is 0 Å². The van der Waals surface area contributed by atoms with Crippen molar-refractivity contribution in [1.29, 1.82) is 0 Å². The van der Waals surface area contributed by atoms with Crippen LogP contribution in [0.4, 0.5) is 4.39 Å². The van der Waals surface area contributed by atoms with Crippen LogP contribution in [0.5, 0.6) is 0 Å². The van der Waals surface area contributed by atoms with Gasteiger partial charge in [0.25, 0.3) is 10.1 Å². The average Bonchev–Trinajstić information content (AvgIpc) is 2.39. The summed E-state index contributed by atoms with van der Waals surface area (Å²) in [6.45, 7) is 2.38. The lowest BCUT2D eigenvalue weighted by Gasteiger charge is -2.31. The third-order valence-electron chi connectivity index (χ3n) is 3.39. The zero-order valence-electron chi connectivity index (χ0n) is 11.0. The fourth-order valence-electron chi connectivity index (χ4n) is 2.27. The molecule has 0 bridgehead atoms. The van der Waals surface area contributed by atoms with Crippen molar-refractivity contribution in [1.82, 2.24) is 0 Å². The van der Waals surface area contributed by atoms with Crippen LogP contribution >= 0.6 is 0 Å². The predicted octanol–water partition coefficient (Wildman–Crippen LogP) is 2.31. The standard InChI is InChI=1S/C13H17FO4S/c1-10-3-4-12(19(15,16)17-2)11(9-10)13(14)5-7-18-8-6-13/h3-4,9H,5-8H2,1-2H3. The van der Waals surface area contributed by atoms with E-state index in [2.05, 4.69) is 4.18 Å². The van der Waals surface area contributed by atoms with Crippen LogP contribution in [0.25, 0.3) is 0 Å². The quantitative estimate of drug-likeness (QED) is 0.801. The van der Waals surface area contributed by atoms with Gasteiger partial charge in [-0.2, -0.15) is 8.42 Å². The molecule has 1 heterocycles. The summed E-state index contributed by atoms with van der Waals surface area (Å²) >= 11 is 0. The molecule has 1 aliphatic heterocycles. The van der Waals surface area contributed by atoms with Gasteiger partial charge in [0, 0.05) is 31.6 Å². The van der Waals surface area contributed by atoms with Gasteiger partial charge in [0.15, 0.2) is 0 Å². The van der Waals surface area contributed by atoms with Crippen LogP contribution in [0.15, 0.2) is 23.1 Å². The average molecular weight is 288 g/mol. The zero-order chi connectivity index (χ0) is 14.1. The summed E-state index contributed by atoms with van der Waals surface area (Å²) in [5.41, 5.74) is -0.684. The highest BCUT2D eigenvalue weighted by Gasteiger charge is 2.38. The first-order chi connectivity index (χ1) is 8.89. The van der Waals surface area contributed by atoms with Crippen molar-refractivity contribution in [3.63, 3.8) is 0 Å². The minimum atomic E-state index is -3.91. The van der Waals surface area contributed by atoms with Crippen LogP contribution in [-0.2, 0) is 24.7 Å². The molecule has 0 radical (unpaired) electrons. The molecular weight excluding hydrogens is 271 g/mol. The summed E-state index contributed by atoms with van der Waals surface area (Å²) in [7, 11) is -2.84. The van der Waals surface area contributed by atoms with Gasteiger partial charge in [0.2, 0.25) is 0 Å². The van der Waals surface area contributed by atoms with E-state index in [9.17, 15) is 8.42 Å². The van der Waals surface area contributed by atoms with Crippen molar-refractivity contribution < 1.29 is 21.7 Å². The van der Waals surface area contributed by atoms with Gasteiger partial charge in [-0.1, -0.05) is 17.7 Å². The lowest BCUT2D eigenvalue weighted by Crippen LogP contribution is -2.31. The number of aryl methyl sites for hydroxylation is 1. The van der Waals surface area contributed by atoms with E-state index < -0.39 is 15.8 Å². The molecule has 0 spiro atoms.